The molecular weight excluding hydrogens is 231 g/mol. The molecule has 0 rings (SSSR count). The van der Waals surface area contributed by atoms with E-state index in [2.05, 4.69) is 16.8 Å². The minimum Gasteiger partial charge on any atom is -0.290 e. The fourth-order valence-corrected chi connectivity index (χ4v) is 0.418. The SMILES string of the molecule is C#CCNNC(=O)CI. The summed E-state index contributed by atoms with van der Waals surface area (Å²) in [6.45, 7) is 0.363. The Morgan fingerprint density at radius 3 is 2.89 bits per heavy atom. The lowest BCUT2D eigenvalue weighted by atomic mass is 10.7. The molecule has 2 N–H and O–H groups in total. The first-order chi connectivity index (χ1) is 4.31. The van der Waals surface area contributed by atoms with Gasteiger partial charge in [-0.15, -0.1) is 6.42 Å². The maximum Gasteiger partial charge on any atom is 0.243 e. The van der Waals surface area contributed by atoms with Crippen LogP contribution in [-0.2, 0) is 4.79 Å². The maximum absolute atomic E-state index is 10.4. The van der Waals surface area contributed by atoms with Crippen molar-refractivity contribution in [3.63, 3.8) is 0 Å². The number of amides is 1. The minimum atomic E-state index is -0.0640. The van der Waals surface area contributed by atoms with Crippen molar-refractivity contribution in [2.24, 2.45) is 0 Å². The van der Waals surface area contributed by atoms with E-state index in [4.69, 9.17) is 6.42 Å². The summed E-state index contributed by atoms with van der Waals surface area (Å²) in [6.07, 6.45) is 4.89. The molecule has 0 aliphatic carbocycles. The van der Waals surface area contributed by atoms with Gasteiger partial charge in [-0.05, 0) is 0 Å². The van der Waals surface area contributed by atoms with Crippen molar-refractivity contribution >= 4 is 28.5 Å². The van der Waals surface area contributed by atoms with Crippen molar-refractivity contribution in [2.45, 2.75) is 0 Å². The Morgan fingerprint density at radius 1 is 1.78 bits per heavy atom. The van der Waals surface area contributed by atoms with E-state index in [-0.39, 0.29) is 5.91 Å². The third kappa shape index (κ3) is 5.59. The summed E-state index contributed by atoms with van der Waals surface area (Å²) in [5.41, 5.74) is 4.94. The number of hydrazine groups is 1. The van der Waals surface area contributed by atoms with Crippen LogP contribution in [0.2, 0.25) is 0 Å². The lowest BCUT2D eigenvalue weighted by molar-refractivity contribution is -0.119. The molecule has 0 aromatic carbocycles. The van der Waals surface area contributed by atoms with Crippen LogP contribution in [0.15, 0.2) is 0 Å². The summed E-state index contributed by atoms with van der Waals surface area (Å²) in [5, 5.41) is 0. The predicted molar refractivity (Wildman–Crippen MR) is 43.9 cm³/mol. The van der Waals surface area contributed by atoms with Crippen LogP contribution in [0.3, 0.4) is 0 Å². The average molecular weight is 238 g/mol. The molecule has 1 amide bonds. The monoisotopic (exact) mass is 238 g/mol. The molecule has 0 bridgehead atoms. The van der Waals surface area contributed by atoms with Crippen molar-refractivity contribution in [1.82, 2.24) is 10.9 Å². The molecule has 50 valence electrons. The highest BCUT2D eigenvalue weighted by atomic mass is 127. The molecule has 0 unspecified atom stereocenters. The number of alkyl halides is 1. The minimum absolute atomic E-state index is 0.0640. The highest BCUT2D eigenvalue weighted by molar-refractivity contribution is 14.1. The van der Waals surface area contributed by atoms with Gasteiger partial charge in [0.15, 0.2) is 0 Å². The molecular formula is C5H7IN2O. The van der Waals surface area contributed by atoms with E-state index in [1.54, 1.807) is 0 Å². The first kappa shape index (κ1) is 8.72. The van der Waals surface area contributed by atoms with E-state index < -0.39 is 0 Å². The van der Waals surface area contributed by atoms with Crippen molar-refractivity contribution in [3.05, 3.63) is 0 Å². The first-order valence-electron chi connectivity index (χ1n) is 2.32. The molecule has 0 heterocycles. The van der Waals surface area contributed by atoms with Gasteiger partial charge in [0, 0.05) is 0 Å². The van der Waals surface area contributed by atoms with Crippen molar-refractivity contribution < 1.29 is 4.79 Å². The number of carbonyl (C=O) groups excluding carboxylic acids is 1. The van der Waals surface area contributed by atoms with Crippen LogP contribution in [0.1, 0.15) is 0 Å². The maximum atomic E-state index is 10.4. The second kappa shape index (κ2) is 5.85. The number of hydrogen-bond donors (Lipinski definition) is 2. The van der Waals surface area contributed by atoms with E-state index >= 15 is 0 Å². The molecule has 0 atom stereocenters. The van der Waals surface area contributed by atoms with Gasteiger partial charge in [-0.2, -0.15) is 0 Å². The van der Waals surface area contributed by atoms with E-state index in [9.17, 15) is 4.79 Å². The Balaban J connectivity index is 3.09. The molecule has 0 spiro atoms. The third-order valence-electron chi connectivity index (χ3n) is 0.540. The lowest BCUT2D eigenvalue weighted by Gasteiger charge is -1.98. The molecule has 9 heavy (non-hydrogen) atoms. The zero-order chi connectivity index (χ0) is 7.11. The third-order valence-corrected chi connectivity index (χ3v) is 1.23. The Labute approximate surface area is 67.7 Å². The molecule has 0 saturated carbocycles. The van der Waals surface area contributed by atoms with Crippen LogP contribution in [-0.4, -0.2) is 16.9 Å². The number of hydrogen-bond acceptors (Lipinski definition) is 2. The van der Waals surface area contributed by atoms with Gasteiger partial charge in [0.2, 0.25) is 5.91 Å². The lowest BCUT2D eigenvalue weighted by Crippen LogP contribution is -2.38. The largest absolute Gasteiger partial charge is 0.290 e. The fraction of sp³-hybridized carbons (Fsp3) is 0.400. The second-order valence-corrected chi connectivity index (χ2v) is 2.00. The Morgan fingerprint density at radius 2 is 2.44 bits per heavy atom. The molecule has 0 aliphatic heterocycles. The van der Waals surface area contributed by atoms with Crippen molar-refractivity contribution in [2.75, 3.05) is 11.0 Å². The number of nitrogens with one attached hydrogen (secondary N) is 2. The van der Waals surface area contributed by atoms with Gasteiger partial charge in [-0.25, -0.2) is 5.43 Å². The van der Waals surface area contributed by atoms with Crippen LogP contribution in [0.25, 0.3) is 0 Å². The van der Waals surface area contributed by atoms with Crippen LogP contribution in [0.4, 0.5) is 0 Å². The average Bonchev–Trinajstić information content (AvgIpc) is 1.89. The summed E-state index contributed by atoms with van der Waals surface area (Å²) < 4.78 is 0.440. The van der Waals surface area contributed by atoms with E-state index in [1.165, 1.54) is 0 Å². The Kier molecular flexibility index (Phi) is 5.67. The summed E-state index contributed by atoms with van der Waals surface area (Å²) in [4.78, 5) is 10.4. The zero-order valence-electron chi connectivity index (χ0n) is 4.78. The van der Waals surface area contributed by atoms with Crippen LogP contribution in [0.5, 0.6) is 0 Å². The molecule has 4 heteroatoms. The standard InChI is InChI=1S/C5H7IN2O/c1-2-3-7-8-5(9)4-6/h1,7H,3-4H2,(H,8,9). The number of halogens is 1. The van der Waals surface area contributed by atoms with Crippen LogP contribution in [0, 0.1) is 12.3 Å². The van der Waals surface area contributed by atoms with Gasteiger partial charge in [-0.3, -0.25) is 10.2 Å². The molecule has 0 saturated heterocycles. The summed E-state index contributed by atoms with van der Waals surface area (Å²) in [7, 11) is 0. The normalized spacial score (nSPS) is 8.00. The molecule has 0 aromatic rings. The van der Waals surface area contributed by atoms with E-state index in [0.29, 0.717) is 11.0 Å². The molecule has 0 fully saturated rings. The quantitative estimate of drug-likeness (QED) is 0.232. The van der Waals surface area contributed by atoms with Gasteiger partial charge in [-0.1, -0.05) is 28.5 Å². The van der Waals surface area contributed by atoms with Gasteiger partial charge >= 0.3 is 0 Å². The van der Waals surface area contributed by atoms with Crippen molar-refractivity contribution in [1.29, 1.82) is 0 Å². The van der Waals surface area contributed by atoms with Crippen molar-refractivity contribution in [3.8, 4) is 12.3 Å². The Bertz CT molecular complexity index is 129. The van der Waals surface area contributed by atoms with E-state index in [0.717, 1.165) is 0 Å². The number of terminal acetylenes is 1. The second-order valence-electron chi connectivity index (χ2n) is 1.24. The van der Waals surface area contributed by atoms with Gasteiger partial charge in [0.1, 0.15) is 0 Å². The highest BCUT2D eigenvalue weighted by Gasteiger charge is 1.91. The summed E-state index contributed by atoms with van der Waals surface area (Å²) >= 11 is 1.96. The van der Waals surface area contributed by atoms with E-state index in [1.807, 2.05) is 22.6 Å². The highest BCUT2D eigenvalue weighted by Crippen LogP contribution is 1.76. The van der Waals surface area contributed by atoms with Gasteiger partial charge in [0.05, 0.1) is 11.0 Å². The first-order valence-corrected chi connectivity index (χ1v) is 3.85. The van der Waals surface area contributed by atoms with Crippen LogP contribution >= 0.6 is 22.6 Å². The molecule has 0 radical (unpaired) electrons. The van der Waals surface area contributed by atoms with Crippen LogP contribution < -0.4 is 10.9 Å². The topological polar surface area (TPSA) is 41.1 Å². The fourth-order valence-electron chi connectivity index (χ4n) is 0.227. The number of rotatable bonds is 3. The zero-order valence-corrected chi connectivity index (χ0v) is 6.94. The van der Waals surface area contributed by atoms with Gasteiger partial charge < -0.3 is 0 Å². The number of carbonyl (C=O) groups is 1. The summed E-state index contributed by atoms with van der Waals surface area (Å²) in [6, 6.07) is 0. The summed E-state index contributed by atoms with van der Waals surface area (Å²) in [5.74, 6) is 2.25. The molecule has 0 aromatic heterocycles. The molecule has 3 nitrogen and oxygen atoms in total. The van der Waals surface area contributed by atoms with Gasteiger partial charge in [0.25, 0.3) is 0 Å². The molecule has 0 aliphatic rings. The smallest absolute Gasteiger partial charge is 0.243 e. The predicted octanol–water partition coefficient (Wildman–Crippen LogP) is -0.325. The Hall–Kier alpha value is -0.280.